The van der Waals surface area contributed by atoms with Crippen LogP contribution in [0.25, 0.3) is 0 Å². The third-order valence-corrected chi connectivity index (χ3v) is 3.93. The lowest BCUT2D eigenvalue weighted by Crippen LogP contribution is -1.96. The summed E-state index contributed by atoms with van der Waals surface area (Å²) in [6.07, 6.45) is 4.24. The van der Waals surface area contributed by atoms with Crippen LogP contribution in [0.4, 0.5) is 0 Å². The van der Waals surface area contributed by atoms with Gasteiger partial charge in [-0.25, -0.2) is 0 Å². The van der Waals surface area contributed by atoms with Gasteiger partial charge in [-0.2, -0.15) is 0 Å². The minimum absolute atomic E-state index is 0.222. The molecule has 0 N–H and O–H groups in total. The second kappa shape index (κ2) is 5.85. The molecular formula is C13H10BrCl2N. The van der Waals surface area contributed by atoms with E-state index < -0.39 is 0 Å². The first-order valence-electron chi connectivity index (χ1n) is 5.15. The lowest BCUT2D eigenvalue weighted by atomic mass is 10.1. The van der Waals surface area contributed by atoms with Crippen LogP contribution in [0.15, 0.2) is 42.7 Å². The van der Waals surface area contributed by atoms with Crippen molar-refractivity contribution < 1.29 is 0 Å². The maximum atomic E-state index is 6.08. The van der Waals surface area contributed by atoms with Crippen molar-refractivity contribution in [3.05, 3.63) is 63.9 Å². The topological polar surface area (TPSA) is 12.9 Å². The average Bonchev–Trinajstić information content (AvgIpc) is 2.33. The molecule has 1 atom stereocenters. The molecule has 1 aromatic carbocycles. The first-order valence-corrected chi connectivity index (χ1v) is 6.82. The van der Waals surface area contributed by atoms with Gasteiger partial charge in [0.25, 0.3) is 0 Å². The largest absolute Gasteiger partial charge is 0.263 e. The van der Waals surface area contributed by atoms with Crippen LogP contribution in [0, 0.1) is 0 Å². The summed E-state index contributed by atoms with van der Waals surface area (Å²) in [5, 5.41) is 1.45. The van der Waals surface area contributed by atoms with Crippen molar-refractivity contribution in [1.82, 2.24) is 4.98 Å². The molecule has 1 unspecified atom stereocenters. The standard InChI is InChI=1S/C13H10BrCl2N/c14-12(9-1-3-11(15)4-2-9)7-10-5-6-17-8-13(10)16/h1-6,8,12H,7H2. The van der Waals surface area contributed by atoms with Gasteiger partial charge in [0.2, 0.25) is 0 Å². The Morgan fingerprint density at radius 1 is 1.12 bits per heavy atom. The van der Waals surface area contributed by atoms with Crippen molar-refractivity contribution in [3.8, 4) is 0 Å². The van der Waals surface area contributed by atoms with Gasteiger partial charge in [-0.3, -0.25) is 4.98 Å². The van der Waals surface area contributed by atoms with Gasteiger partial charge in [0.05, 0.1) is 5.02 Å². The molecule has 0 aliphatic rings. The van der Waals surface area contributed by atoms with Crippen molar-refractivity contribution in [2.24, 2.45) is 0 Å². The summed E-state index contributed by atoms with van der Waals surface area (Å²) in [7, 11) is 0. The highest BCUT2D eigenvalue weighted by Gasteiger charge is 2.10. The van der Waals surface area contributed by atoms with E-state index in [0.29, 0.717) is 5.02 Å². The zero-order valence-electron chi connectivity index (χ0n) is 8.91. The normalized spacial score (nSPS) is 12.4. The third-order valence-electron chi connectivity index (χ3n) is 2.49. The van der Waals surface area contributed by atoms with E-state index >= 15 is 0 Å². The van der Waals surface area contributed by atoms with Gasteiger partial charge in [0.1, 0.15) is 0 Å². The van der Waals surface area contributed by atoms with Gasteiger partial charge in [0, 0.05) is 22.2 Å². The second-order valence-corrected chi connectivity index (χ2v) is 5.64. The summed E-state index contributed by atoms with van der Waals surface area (Å²) in [6.45, 7) is 0. The van der Waals surface area contributed by atoms with Crippen molar-refractivity contribution in [3.63, 3.8) is 0 Å². The molecule has 0 spiro atoms. The number of benzene rings is 1. The molecule has 0 amide bonds. The number of hydrogen-bond acceptors (Lipinski definition) is 1. The first kappa shape index (κ1) is 12.9. The van der Waals surface area contributed by atoms with E-state index in [1.807, 2.05) is 30.3 Å². The first-order chi connectivity index (χ1) is 8.16. The Bertz CT molecular complexity index is 499. The molecule has 0 saturated carbocycles. The molecule has 88 valence electrons. The Balaban J connectivity index is 2.14. The van der Waals surface area contributed by atoms with E-state index in [4.69, 9.17) is 23.2 Å². The van der Waals surface area contributed by atoms with Gasteiger partial charge < -0.3 is 0 Å². The molecule has 1 nitrogen and oxygen atoms in total. The molecule has 0 radical (unpaired) electrons. The van der Waals surface area contributed by atoms with Crippen LogP contribution in [0.1, 0.15) is 16.0 Å². The van der Waals surface area contributed by atoms with Crippen molar-refractivity contribution >= 4 is 39.1 Å². The Hall–Kier alpha value is -0.570. The predicted octanol–water partition coefficient (Wildman–Crippen LogP) is 5.07. The molecule has 0 bridgehead atoms. The fourth-order valence-electron chi connectivity index (χ4n) is 1.55. The molecule has 0 aliphatic carbocycles. The van der Waals surface area contributed by atoms with Gasteiger partial charge in [-0.15, -0.1) is 0 Å². The number of rotatable bonds is 3. The maximum absolute atomic E-state index is 6.08. The maximum Gasteiger partial charge on any atom is 0.0621 e. The van der Waals surface area contributed by atoms with Crippen LogP contribution in [0.5, 0.6) is 0 Å². The molecule has 1 aromatic heterocycles. The zero-order chi connectivity index (χ0) is 12.3. The minimum atomic E-state index is 0.222. The molecule has 1 heterocycles. The van der Waals surface area contributed by atoms with Gasteiger partial charge in [0.15, 0.2) is 0 Å². The predicted molar refractivity (Wildman–Crippen MR) is 76.1 cm³/mol. The van der Waals surface area contributed by atoms with Crippen LogP contribution in [-0.4, -0.2) is 4.98 Å². The van der Waals surface area contributed by atoms with Crippen LogP contribution in [0.2, 0.25) is 10.0 Å². The van der Waals surface area contributed by atoms with E-state index in [1.165, 1.54) is 5.56 Å². The fraction of sp³-hybridized carbons (Fsp3) is 0.154. The average molecular weight is 331 g/mol. The Labute approximate surface area is 119 Å². The lowest BCUT2D eigenvalue weighted by Gasteiger charge is -2.11. The van der Waals surface area contributed by atoms with Crippen LogP contribution < -0.4 is 0 Å². The number of nitrogens with zero attached hydrogens (tertiary/aromatic N) is 1. The number of aromatic nitrogens is 1. The number of hydrogen-bond donors (Lipinski definition) is 0. The number of halogens is 3. The van der Waals surface area contributed by atoms with E-state index in [2.05, 4.69) is 20.9 Å². The summed E-state index contributed by atoms with van der Waals surface area (Å²) < 4.78 is 0. The smallest absolute Gasteiger partial charge is 0.0621 e. The molecule has 0 fully saturated rings. The van der Waals surface area contributed by atoms with Crippen molar-refractivity contribution in [2.45, 2.75) is 11.2 Å². The summed E-state index contributed by atoms with van der Waals surface area (Å²) in [6, 6.07) is 9.73. The highest BCUT2D eigenvalue weighted by molar-refractivity contribution is 9.09. The summed E-state index contributed by atoms with van der Waals surface area (Å²) in [4.78, 5) is 4.19. The quantitative estimate of drug-likeness (QED) is 0.716. The van der Waals surface area contributed by atoms with Gasteiger partial charge >= 0.3 is 0 Å². The van der Waals surface area contributed by atoms with E-state index in [9.17, 15) is 0 Å². The Morgan fingerprint density at radius 2 is 1.82 bits per heavy atom. The SMILES string of the molecule is Clc1ccc(C(Br)Cc2ccncc2Cl)cc1. The monoisotopic (exact) mass is 329 g/mol. The second-order valence-electron chi connectivity index (χ2n) is 3.69. The lowest BCUT2D eigenvalue weighted by molar-refractivity contribution is 0.945. The zero-order valence-corrected chi connectivity index (χ0v) is 12.0. The Kier molecular flexibility index (Phi) is 4.43. The van der Waals surface area contributed by atoms with Gasteiger partial charge in [-0.1, -0.05) is 51.3 Å². The van der Waals surface area contributed by atoms with E-state index in [1.54, 1.807) is 12.4 Å². The molecular weight excluding hydrogens is 321 g/mol. The van der Waals surface area contributed by atoms with E-state index in [-0.39, 0.29) is 4.83 Å². The molecule has 4 heteroatoms. The van der Waals surface area contributed by atoms with Crippen LogP contribution in [-0.2, 0) is 6.42 Å². The molecule has 0 aliphatic heterocycles. The highest BCUT2D eigenvalue weighted by atomic mass is 79.9. The van der Waals surface area contributed by atoms with Crippen molar-refractivity contribution in [2.75, 3.05) is 0 Å². The van der Waals surface area contributed by atoms with Crippen LogP contribution in [0.3, 0.4) is 0 Å². The van der Waals surface area contributed by atoms with Gasteiger partial charge in [-0.05, 0) is 35.7 Å². The Morgan fingerprint density at radius 3 is 2.47 bits per heavy atom. The van der Waals surface area contributed by atoms with Crippen LogP contribution >= 0.6 is 39.1 Å². The summed E-state index contributed by atoms with van der Waals surface area (Å²) in [5.74, 6) is 0. The minimum Gasteiger partial charge on any atom is -0.263 e. The number of pyridine rings is 1. The summed E-state index contributed by atoms with van der Waals surface area (Å²) >= 11 is 15.6. The molecule has 0 saturated heterocycles. The third kappa shape index (κ3) is 3.44. The molecule has 2 rings (SSSR count). The van der Waals surface area contributed by atoms with Crippen molar-refractivity contribution in [1.29, 1.82) is 0 Å². The molecule has 17 heavy (non-hydrogen) atoms. The number of alkyl halides is 1. The highest BCUT2D eigenvalue weighted by Crippen LogP contribution is 2.30. The summed E-state index contributed by atoms with van der Waals surface area (Å²) in [5.41, 5.74) is 2.26. The fourth-order valence-corrected chi connectivity index (χ4v) is 2.53. The molecule has 2 aromatic rings. The van der Waals surface area contributed by atoms with E-state index in [0.717, 1.165) is 17.0 Å².